The van der Waals surface area contributed by atoms with Crippen LogP contribution in [0.5, 0.6) is 0 Å². The Balaban J connectivity index is 1.37. The number of hydrogen-bond donors (Lipinski definition) is 2. The van der Waals surface area contributed by atoms with Gasteiger partial charge in [0.1, 0.15) is 0 Å². The molecule has 1 atom stereocenters. The molecular weight excluding hydrogens is 452 g/mol. The molecule has 5 nitrogen and oxygen atoms in total. The van der Waals surface area contributed by atoms with E-state index in [0.29, 0.717) is 5.69 Å². The van der Waals surface area contributed by atoms with Crippen molar-refractivity contribution in [2.24, 2.45) is 0 Å². The molecule has 0 heterocycles. The lowest BCUT2D eigenvalue weighted by molar-refractivity contribution is -0.115. The quantitative estimate of drug-likeness (QED) is 0.318. The fourth-order valence-corrected chi connectivity index (χ4v) is 5.23. The van der Waals surface area contributed by atoms with Crippen molar-refractivity contribution in [2.75, 3.05) is 10.0 Å². The summed E-state index contributed by atoms with van der Waals surface area (Å²) in [4.78, 5) is 13.7. The van der Waals surface area contributed by atoms with Gasteiger partial charge in [-0.3, -0.25) is 9.52 Å². The Labute approximate surface area is 198 Å². The number of carbonyl (C=O) groups excluding carboxylic acids is 1. The van der Waals surface area contributed by atoms with Crippen LogP contribution < -0.4 is 10.0 Å². The first-order chi connectivity index (χ1) is 15.8. The lowest BCUT2D eigenvalue weighted by Gasteiger charge is -2.13. The largest absolute Gasteiger partial charge is 0.325 e. The Morgan fingerprint density at radius 1 is 0.818 bits per heavy atom. The SMILES string of the molecule is Cc1ccc(S(=O)(=O)Nc2ccc(SC(C)C(=O)Nc3ccc4ccccc4c3)cc2)cc1. The van der Waals surface area contributed by atoms with Crippen molar-refractivity contribution in [2.45, 2.75) is 28.9 Å². The molecule has 0 saturated heterocycles. The van der Waals surface area contributed by atoms with Crippen molar-refractivity contribution in [3.63, 3.8) is 0 Å². The van der Waals surface area contributed by atoms with Crippen LogP contribution in [0.15, 0.2) is 101 Å². The van der Waals surface area contributed by atoms with Crippen LogP contribution in [0.3, 0.4) is 0 Å². The Bertz CT molecular complexity index is 1380. The van der Waals surface area contributed by atoms with E-state index in [-0.39, 0.29) is 16.1 Å². The highest BCUT2D eigenvalue weighted by Crippen LogP contribution is 2.27. The Morgan fingerprint density at radius 2 is 1.45 bits per heavy atom. The fraction of sp³-hybridized carbons (Fsp3) is 0.115. The lowest BCUT2D eigenvalue weighted by atomic mass is 10.1. The maximum Gasteiger partial charge on any atom is 0.261 e. The molecule has 0 fully saturated rings. The van der Waals surface area contributed by atoms with Crippen LogP contribution in [0.1, 0.15) is 12.5 Å². The normalized spacial score (nSPS) is 12.3. The topological polar surface area (TPSA) is 75.3 Å². The number of thioether (sulfide) groups is 1. The van der Waals surface area contributed by atoms with E-state index in [1.165, 1.54) is 11.8 Å². The van der Waals surface area contributed by atoms with Crippen LogP contribution >= 0.6 is 11.8 Å². The molecule has 0 aromatic heterocycles. The molecule has 1 amide bonds. The number of sulfonamides is 1. The minimum Gasteiger partial charge on any atom is -0.325 e. The number of anilines is 2. The van der Waals surface area contributed by atoms with Crippen LogP contribution in [0.2, 0.25) is 0 Å². The first-order valence-corrected chi connectivity index (χ1v) is 12.8. The van der Waals surface area contributed by atoms with Gasteiger partial charge in [-0.25, -0.2) is 8.42 Å². The van der Waals surface area contributed by atoms with Gasteiger partial charge in [-0.05, 0) is 73.2 Å². The van der Waals surface area contributed by atoms with Crippen molar-refractivity contribution in [3.8, 4) is 0 Å². The standard InChI is InChI=1S/C26H24N2O3S2/c1-18-7-15-25(16-8-18)33(30,31)28-22-11-13-24(14-12-22)32-19(2)26(29)27-23-10-9-20-5-3-4-6-21(20)17-23/h3-17,19,28H,1-2H3,(H,27,29). The molecule has 1 unspecified atom stereocenters. The van der Waals surface area contributed by atoms with Crippen molar-refractivity contribution in [1.82, 2.24) is 0 Å². The van der Waals surface area contributed by atoms with E-state index in [0.717, 1.165) is 26.9 Å². The monoisotopic (exact) mass is 476 g/mol. The predicted octanol–water partition coefficient (Wildman–Crippen LogP) is 6.07. The minimum atomic E-state index is -3.65. The number of amides is 1. The Kier molecular flexibility index (Phi) is 6.72. The second-order valence-corrected chi connectivity index (χ2v) is 10.9. The molecule has 33 heavy (non-hydrogen) atoms. The van der Waals surface area contributed by atoms with Gasteiger partial charge in [0.25, 0.3) is 10.0 Å². The summed E-state index contributed by atoms with van der Waals surface area (Å²) < 4.78 is 27.7. The number of benzene rings is 4. The average Bonchev–Trinajstić information content (AvgIpc) is 2.80. The number of aryl methyl sites for hydroxylation is 1. The third-order valence-electron chi connectivity index (χ3n) is 5.14. The van der Waals surface area contributed by atoms with Gasteiger partial charge in [-0.2, -0.15) is 0 Å². The van der Waals surface area contributed by atoms with E-state index in [1.54, 1.807) is 48.5 Å². The number of hydrogen-bond acceptors (Lipinski definition) is 4. The molecule has 0 radical (unpaired) electrons. The van der Waals surface area contributed by atoms with Gasteiger partial charge < -0.3 is 5.32 Å². The molecule has 0 bridgehead atoms. The predicted molar refractivity (Wildman–Crippen MR) is 136 cm³/mol. The Morgan fingerprint density at radius 3 is 2.15 bits per heavy atom. The summed E-state index contributed by atoms with van der Waals surface area (Å²) in [7, 11) is -3.65. The molecule has 4 aromatic rings. The van der Waals surface area contributed by atoms with E-state index in [4.69, 9.17) is 0 Å². The number of rotatable bonds is 7. The van der Waals surface area contributed by atoms with Crippen LogP contribution in [-0.4, -0.2) is 19.6 Å². The average molecular weight is 477 g/mol. The molecule has 168 valence electrons. The summed E-state index contributed by atoms with van der Waals surface area (Å²) in [5.41, 5.74) is 2.22. The molecule has 4 rings (SSSR count). The van der Waals surface area contributed by atoms with Crippen molar-refractivity contribution in [3.05, 3.63) is 96.6 Å². The van der Waals surface area contributed by atoms with Crippen LogP contribution in [-0.2, 0) is 14.8 Å². The zero-order valence-electron chi connectivity index (χ0n) is 18.3. The number of nitrogens with one attached hydrogen (secondary N) is 2. The third kappa shape index (κ3) is 5.74. The van der Waals surface area contributed by atoms with Gasteiger partial charge >= 0.3 is 0 Å². The highest BCUT2D eigenvalue weighted by atomic mass is 32.2. The molecule has 0 saturated carbocycles. The molecule has 0 aliphatic rings. The van der Waals surface area contributed by atoms with Crippen molar-refractivity contribution < 1.29 is 13.2 Å². The van der Waals surface area contributed by atoms with Crippen LogP contribution in [0, 0.1) is 6.92 Å². The van der Waals surface area contributed by atoms with E-state index < -0.39 is 10.0 Å². The number of fused-ring (bicyclic) bond motifs is 1. The second-order valence-electron chi connectivity index (χ2n) is 7.75. The summed E-state index contributed by atoms with van der Waals surface area (Å²) in [6.07, 6.45) is 0. The second kappa shape index (κ2) is 9.68. The Hall–Kier alpha value is -3.29. The highest BCUT2D eigenvalue weighted by Gasteiger charge is 2.16. The zero-order chi connectivity index (χ0) is 23.4. The lowest BCUT2D eigenvalue weighted by Crippen LogP contribution is -2.22. The van der Waals surface area contributed by atoms with Crippen molar-refractivity contribution >= 4 is 49.8 Å². The first kappa shape index (κ1) is 22.9. The maximum absolute atomic E-state index is 12.7. The molecule has 0 spiro atoms. The van der Waals surface area contributed by atoms with Gasteiger partial charge in [0.2, 0.25) is 5.91 Å². The molecular formula is C26H24N2O3S2. The molecule has 2 N–H and O–H groups in total. The van der Waals surface area contributed by atoms with Gasteiger partial charge in [0.15, 0.2) is 0 Å². The maximum atomic E-state index is 12.7. The minimum absolute atomic E-state index is 0.0977. The summed E-state index contributed by atoms with van der Waals surface area (Å²) in [6, 6.07) is 27.5. The zero-order valence-corrected chi connectivity index (χ0v) is 19.9. The number of carbonyl (C=O) groups is 1. The van der Waals surface area contributed by atoms with E-state index in [9.17, 15) is 13.2 Å². The van der Waals surface area contributed by atoms with Crippen LogP contribution in [0.4, 0.5) is 11.4 Å². The van der Waals surface area contributed by atoms with Crippen LogP contribution in [0.25, 0.3) is 10.8 Å². The van der Waals surface area contributed by atoms with E-state index in [1.807, 2.05) is 56.3 Å². The fourth-order valence-electron chi connectivity index (χ4n) is 3.30. The van der Waals surface area contributed by atoms with E-state index in [2.05, 4.69) is 10.0 Å². The molecule has 7 heteroatoms. The summed E-state index contributed by atoms with van der Waals surface area (Å²) in [6.45, 7) is 3.75. The van der Waals surface area contributed by atoms with Gasteiger partial charge in [0, 0.05) is 16.3 Å². The molecule has 0 aliphatic heterocycles. The smallest absolute Gasteiger partial charge is 0.261 e. The van der Waals surface area contributed by atoms with Gasteiger partial charge in [-0.15, -0.1) is 11.8 Å². The highest BCUT2D eigenvalue weighted by molar-refractivity contribution is 8.00. The molecule has 4 aromatic carbocycles. The van der Waals surface area contributed by atoms with Gasteiger partial charge in [-0.1, -0.05) is 48.0 Å². The van der Waals surface area contributed by atoms with Crippen molar-refractivity contribution in [1.29, 1.82) is 0 Å². The summed E-state index contributed by atoms with van der Waals surface area (Å²) >= 11 is 1.41. The summed E-state index contributed by atoms with van der Waals surface area (Å²) in [5, 5.41) is 4.83. The molecule has 0 aliphatic carbocycles. The van der Waals surface area contributed by atoms with E-state index >= 15 is 0 Å². The van der Waals surface area contributed by atoms with Gasteiger partial charge in [0.05, 0.1) is 10.1 Å². The third-order valence-corrected chi connectivity index (χ3v) is 7.65. The summed E-state index contributed by atoms with van der Waals surface area (Å²) in [5.74, 6) is -0.0977. The first-order valence-electron chi connectivity index (χ1n) is 10.5.